The zero-order valence-electron chi connectivity index (χ0n) is 15.4. The lowest BCUT2D eigenvalue weighted by atomic mass is 10.2. The second-order valence-corrected chi connectivity index (χ2v) is 7.17. The van der Waals surface area contributed by atoms with Crippen molar-refractivity contribution >= 4 is 17.1 Å². The summed E-state index contributed by atoms with van der Waals surface area (Å²) in [6.45, 7) is 3.99. The first-order valence-electron chi connectivity index (χ1n) is 9.50. The fourth-order valence-electron chi connectivity index (χ4n) is 3.39. The highest BCUT2D eigenvalue weighted by Crippen LogP contribution is 2.31. The summed E-state index contributed by atoms with van der Waals surface area (Å²) < 4.78 is 15.7. The van der Waals surface area contributed by atoms with Gasteiger partial charge in [0.25, 0.3) is 5.91 Å². The van der Waals surface area contributed by atoms with Gasteiger partial charge in [0.1, 0.15) is 17.2 Å². The van der Waals surface area contributed by atoms with Crippen molar-refractivity contribution in [1.29, 1.82) is 0 Å². The number of fused-ring (bicyclic) bond motifs is 1. The molecule has 1 aromatic carbocycles. The smallest absolute Gasteiger partial charge is 0.254 e. The molecule has 5 nitrogen and oxygen atoms in total. The number of amides is 1. The number of benzene rings is 1. The number of halogens is 1. The maximum absolute atomic E-state index is 13.6. The van der Waals surface area contributed by atoms with Gasteiger partial charge in [0, 0.05) is 24.8 Å². The summed E-state index contributed by atoms with van der Waals surface area (Å²) in [7, 11) is 0. The SMILES string of the molecule is CCCn1c(CN(CC2CC2)C(=O)c2cccc(F)c2)nc2cccnc21. The van der Waals surface area contributed by atoms with Crippen molar-refractivity contribution < 1.29 is 9.18 Å². The third-order valence-corrected chi connectivity index (χ3v) is 4.90. The normalized spacial score (nSPS) is 13.9. The minimum atomic E-state index is -0.394. The van der Waals surface area contributed by atoms with E-state index in [-0.39, 0.29) is 5.91 Å². The van der Waals surface area contributed by atoms with Crippen molar-refractivity contribution in [3.8, 4) is 0 Å². The maximum atomic E-state index is 13.6. The Labute approximate surface area is 157 Å². The highest BCUT2D eigenvalue weighted by molar-refractivity contribution is 5.94. The Bertz CT molecular complexity index is 964. The molecule has 0 spiro atoms. The van der Waals surface area contributed by atoms with E-state index in [1.807, 2.05) is 12.1 Å². The van der Waals surface area contributed by atoms with Crippen LogP contribution in [0.15, 0.2) is 42.6 Å². The molecule has 0 aliphatic heterocycles. The van der Waals surface area contributed by atoms with E-state index in [0.29, 0.717) is 24.6 Å². The van der Waals surface area contributed by atoms with Gasteiger partial charge >= 0.3 is 0 Å². The zero-order valence-corrected chi connectivity index (χ0v) is 15.4. The lowest BCUT2D eigenvalue weighted by Gasteiger charge is -2.23. The molecule has 6 heteroatoms. The summed E-state index contributed by atoms with van der Waals surface area (Å²) in [5.74, 6) is 0.819. The highest BCUT2D eigenvalue weighted by Gasteiger charge is 2.28. The number of carbonyl (C=O) groups is 1. The molecule has 27 heavy (non-hydrogen) atoms. The molecule has 1 aliphatic carbocycles. The minimum absolute atomic E-state index is 0.149. The van der Waals surface area contributed by atoms with E-state index in [1.165, 1.54) is 12.1 Å². The van der Waals surface area contributed by atoms with Gasteiger partial charge < -0.3 is 9.47 Å². The van der Waals surface area contributed by atoms with Crippen molar-refractivity contribution in [2.75, 3.05) is 6.54 Å². The molecule has 2 heterocycles. The maximum Gasteiger partial charge on any atom is 0.254 e. The number of hydrogen-bond donors (Lipinski definition) is 0. The van der Waals surface area contributed by atoms with Gasteiger partial charge in [0.05, 0.1) is 6.54 Å². The van der Waals surface area contributed by atoms with Crippen molar-refractivity contribution in [3.63, 3.8) is 0 Å². The number of nitrogens with zero attached hydrogens (tertiary/aromatic N) is 4. The number of rotatable bonds is 7. The predicted octanol–water partition coefficient (Wildman–Crippen LogP) is 4.03. The van der Waals surface area contributed by atoms with Crippen LogP contribution in [0.4, 0.5) is 4.39 Å². The average molecular weight is 366 g/mol. The molecule has 1 saturated carbocycles. The predicted molar refractivity (Wildman–Crippen MR) is 102 cm³/mol. The monoisotopic (exact) mass is 366 g/mol. The molecule has 0 saturated heterocycles. The second-order valence-electron chi connectivity index (χ2n) is 7.17. The molecule has 3 aromatic rings. The van der Waals surface area contributed by atoms with Gasteiger partial charge in [0.2, 0.25) is 0 Å². The van der Waals surface area contributed by atoms with Gasteiger partial charge in [-0.1, -0.05) is 13.0 Å². The van der Waals surface area contributed by atoms with Crippen LogP contribution in [0, 0.1) is 11.7 Å². The standard InChI is InChI=1S/C21H23FN4O/c1-2-11-26-19(24-18-7-4-10-23-20(18)26)14-25(13-15-8-9-15)21(27)16-5-3-6-17(22)12-16/h3-7,10,12,15H,2,8-9,11,13-14H2,1H3. The van der Waals surface area contributed by atoms with E-state index in [1.54, 1.807) is 23.2 Å². The van der Waals surface area contributed by atoms with Gasteiger partial charge in [-0.25, -0.2) is 14.4 Å². The lowest BCUT2D eigenvalue weighted by molar-refractivity contribution is 0.0728. The van der Waals surface area contributed by atoms with Crippen LogP contribution in [-0.4, -0.2) is 31.9 Å². The Hall–Kier alpha value is -2.76. The Kier molecular flexibility index (Phi) is 4.88. The summed E-state index contributed by atoms with van der Waals surface area (Å²) in [6, 6.07) is 9.72. The number of hydrogen-bond acceptors (Lipinski definition) is 3. The molecular weight excluding hydrogens is 343 g/mol. The van der Waals surface area contributed by atoms with Crippen LogP contribution in [0.1, 0.15) is 42.4 Å². The van der Waals surface area contributed by atoms with Crippen molar-refractivity contribution in [1.82, 2.24) is 19.4 Å². The number of imidazole rings is 1. The van der Waals surface area contributed by atoms with E-state index < -0.39 is 5.82 Å². The molecule has 0 radical (unpaired) electrons. The zero-order chi connectivity index (χ0) is 18.8. The van der Waals surface area contributed by atoms with Gasteiger partial charge in [-0.05, 0) is 55.5 Å². The molecule has 0 atom stereocenters. The van der Waals surface area contributed by atoms with Gasteiger partial charge in [-0.3, -0.25) is 4.79 Å². The number of aryl methyl sites for hydroxylation is 1. The van der Waals surface area contributed by atoms with Crippen LogP contribution in [0.25, 0.3) is 11.2 Å². The van der Waals surface area contributed by atoms with Gasteiger partial charge in [0.15, 0.2) is 5.65 Å². The Morgan fingerprint density at radius 1 is 1.30 bits per heavy atom. The molecule has 1 amide bonds. The lowest BCUT2D eigenvalue weighted by Crippen LogP contribution is -2.33. The van der Waals surface area contributed by atoms with E-state index in [9.17, 15) is 9.18 Å². The molecule has 0 N–H and O–H groups in total. The summed E-state index contributed by atoms with van der Waals surface area (Å²) in [5.41, 5.74) is 2.07. The highest BCUT2D eigenvalue weighted by atomic mass is 19.1. The topological polar surface area (TPSA) is 51.0 Å². The molecule has 2 aromatic heterocycles. The van der Waals surface area contributed by atoms with Crippen LogP contribution >= 0.6 is 0 Å². The van der Waals surface area contributed by atoms with Gasteiger partial charge in [-0.15, -0.1) is 0 Å². The molecule has 4 rings (SSSR count). The van der Waals surface area contributed by atoms with Crippen LogP contribution in [-0.2, 0) is 13.1 Å². The van der Waals surface area contributed by atoms with Gasteiger partial charge in [-0.2, -0.15) is 0 Å². The van der Waals surface area contributed by atoms with E-state index >= 15 is 0 Å². The number of carbonyl (C=O) groups excluding carboxylic acids is 1. The molecule has 1 aliphatic rings. The van der Waals surface area contributed by atoms with E-state index in [4.69, 9.17) is 4.98 Å². The van der Waals surface area contributed by atoms with Crippen molar-refractivity contribution in [2.24, 2.45) is 5.92 Å². The minimum Gasteiger partial charge on any atom is -0.331 e. The third kappa shape index (κ3) is 3.84. The Morgan fingerprint density at radius 3 is 2.89 bits per heavy atom. The molecule has 1 fully saturated rings. The van der Waals surface area contributed by atoms with Crippen LogP contribution in [0.2, 0.25) is 0 Å². The van der Waals surface area contributed by atoms with Crippen molar-refractivity contribution in [3.05, 3.63) is 59.8 Å². The summed E-state index contributed by atoms with van der Waals surface area (Å²) in [5, 5.41) is 0. The van der Waals surface area contributed by atoms with Crippen molar-refractivity contribution in [2.45, 2.75) is 39.3 Å². The summed E-state index contributed by atoms with van der Waals surface area (Å²) in [4.78, 5) is 24.0. The molecule has 140 valence electrons. The van der Waals surface area contributed by atoms with Crippen LogP contribution in [0.5, 0.6) is 0 Å². The van der Waals surface area contributed by atoms with Crippen LogP contribution < -0.4 is 0 Å². The first-order chi connectivity index (χ1) is 13.2. The second kappa shape index (κ2) is 7.47. The largest absolute Gasteiger partial charge is 0.331 e. The van der Waals surface area contributed by atoms with E-state index in [0.717, 1.165) is 42.8 Å². The molecule has 0 unspecified atom stereocenters. The fraction of sp³-hybridized carbons (Fsp3) is 0.381. The quantitative estimate of drug-likeness (QED) is 0.634. The molecular formula is C21H23FN4O. The number of aromatic nitrogens is 3. The fourth-order valence-corrected chi connectivity index (χ4v) is 3.39. The van der Waals surface area contributed by atoms with E-state index in [2.05, 4.69) is 16.5 Å². The average Bonchev–Trinajstić information content (AvgIpc) is 3.43. The number of pyridine rings is 1. The first kappa shape index (κ1) is 17.6. The summed E-state index contributed by atoms with van der Waals surface area (Å²) in [6.07, 6.45) is 5.00. The Morgan fingerprint density at radius 2 is 2.15 bits per heavy atom. The first-order valence-corrected chi connectivity index (χ1v) is 9.50. The molecule has 0 bridgehead atoms. The Balaban J connectivity index is 1.66. The third-order valence-electron chi connectivity index (χ3n) is 4.90. The summed E-state index contributed by atoms with van der Waals surface area (Å²) >= 11 is 0. The van der Waals surface area contributed by atoms with Crippen LogP contribution in [0.3, 0.4) is 0 Å².